The van der Waals surface area contributed by atoms with Gasteiger partial charge in [-0.15, -0.1) is 0 Å². The van der Waals surface area contributed by atoms with Crippen molar-refractivity contribution in [3.8, 4) is 5.75 Å². The van der Waals surface area contributed by atoms with Gasteiger partial charge < -0.3 is 14.9 Å². The Bertz CT molecular complexity index is 455. The molecule has 1 saturated carbocycles. The second kappa shape index (κ2) is 5.57. The molecule has 6 nitrogen and oxygen atoms in total. The zero-order valence-corrected chi connectivity index (χ0v) is 9.87. The molecule has 0 aliphatic heterocycles. The number of pyridine rings is 1. The molecule has 0 saturated heterocycles. The van der Waals surface area contributed by atoms with Gasteiger partial charge in [0.2, 0.25) is 5.75 Å². The van der Waals surface area contributed by atoms with Gasteiger partial charge in [-0.25, -0.2) is 0 Å². The summed E-state index contributed by atoms with van der Waals surface area (Å²) in [6.07, 6.45) is 5.27. The maximum atomic E-state index is 11.8. The minimum atomic E-state index is -0.616. The smallest absolute Gasteiger partial charge is 0.406 e. The third kappa shape index (κ3) is 2.82. The summed E-state index contributed by atoms with van der Waals surface area (Å²) < 4.78 is 5.22. The molecule has 1 aromatic heterocycles. The Morgan fingerprint density at radius 3 is 2.89 bits per heavy atom. The van der Waals surface area contributed by atoms with Crippen molar-refractivity contribution < 1.29 is 14.5 Å². The lowest BCUT2D eigenvalue weighted by Gasteiger charge is -2.09. The van der Waals surface area contributed by atoms with Crippen molar-refractivity contribution in [2.45, 2.75) is 25.7 Å². The van der Waals surface area contributed by atoms with Crippen molar-refractivity contribution in [1.29, 1.82) is 0 Å². The SMILES string of the molecule is O=C(COc1cccnc1[N+](=O)[O-])C1CCCC1. The standard InChI is InChI=1S/C12H14N2O4/c15-10(9-4-1-2-5-9)8-18-11-6-3-7-13-12(11)14(16)17/h3,6-7,9H,1-2,4-5,8H2. The van der Waals surface area contributed by atoms with Crippen molar-refractivity contribution in [3.05, 3.63) is 28.4 Å². The Labute approximate surface area is 104 Å². The highest BCUT2D eigenvalue weighted by Crippen LogP contribution is 2.27. The van der Waals surface area contributed by atoms with E-state index in [9.17, 15) is 14.9 Å². The molecule has 0 spiro atoms. The van der Waals surface area contributed by atoms with Crippen LogP contribution < -0.4 is 4.74 Å². The van der Waals surface area contributed by atoms with Crippen molar-refractivity contribution in [3.63, 3.8) is 0 Å². The highest BCUT2D eigenvalue weighted by atomic mass is 16.6. The lowest BCUT2D eigenvalue weighted by atomic mass is 10.0. The van der Waals surface area contributed by atoms with Gasteiger partial charge in [-0.2, -0.15) is 0 Å². The molecule has 1 aliphatic carbocycles. The van der Waals surface area contributed by atoms with Crippen LogP contribution in [0.25, 0.3) is 0 Å². The average Bonchev–Trinajstić information content (AvgIpc) is 2.90. The van der Waals surface area contributed by atoms with E-state index in [0.717, 1.165) is 25.7 Å². The summed E-state index contributed by atoms with van der Waals surface area (Å²) in [5.74, 6) is -0.225. The predicted molar refractivity (Wildman–Crippen MR) is 63.4 cm³/mol. The number of carbonyl (C=O) groups excluding carboxylic acids is 1. The molecular weight excluding hydrogens is 236 g/mol. The number of ether oxygens (including phenoxy) is 1. The monoisotopic (exact) mass is 250 g/mol. The maximum Gasteiger partial charge on any atom is 0.406 e. The summed E-state index contributed by atoms with van der Waals surface area (Å²) in [6, 6.07) is 3.00. The fraction of sp³-hybridized carbons (Fsp3) is 0.500. The lowest BCUT2D eigenvalue weighted by molar-refractivity contribution is -0.390. The van der Waals surface area contributed by atoms with E-state index >= 15 is 0 Å². The first-order valence-electron chi connectivity index (χ1n) is 5.93. The number of nitro groups is 1. The zero-order valence-electron chi connectivity index (χ0n) is 9.87. The van der Waals surface area contributed by atoms with Gasteiger partial charge in [0.25, 0.3) is 0 Å². The van der Waals surface area contributed by atoms with Crippen molar-refractivity contribution in [2.24, 2.45) is 5.92 Å². The second-order valence-electron chi connectivity index (χ2n) is 4.32. The Kier molecular flexibility index (Phi) is 3.86. The van der Waals surface area contributed by atoms with Crippen LogP contribution in [0.2, 0.25) is 0 Å². The molecule has 0 unspecified atom stereocenters. The van der Waals surface area contributed by atoms with Crippen LogP contribution in [-0.4, -0.2) is 22.3 Å². The molecular formula is C12H14N2O4. The van der Waals surface area contributed by atoms with E-state index in [0.29, 0.717) is 0 Å². The topological polar surface area (TPSA) is 82.3 Å². The van der Waals surface area contributed by atoms with Crippen LogP contribution in [0.5, 0.6) is 5.75 Å². The van der Waals surface area contributed by atoms with Crippen LogP contribution in [0.1, 0.15) is 25.7 Å². The molecule has 1 aliphatic rings. The van der Waals surface area contributed by atoms with Crippen LogP contribution >= 0.6 is 0 Å². The fourth-order valence-corrected chi connectivity index (χ4v) is 2.15. The first kappa shape index (κ1) is 12.5. The molecule has 0 aromatic carbocycles. The minimum absolute atomic E-state index is 0.0191. The number of ketones is 1. The van der Waals surface area contributed by atoms with Gasteiger partial charge in [0, 0.05) is 5.92 Å². The molecule has 0 amide bonds. The lowest BCUT2D eigenvalue weighted by Crippen LogP contribution is -2.19. The Morgan fingerprint density at radius 1 is 1.50 bits per heavy atom. The van der Waals surface area contributed by atoms with Gasteiger partial charge >= 0.3 is 5.82 Å². The largest absolute Gasteiger partial charge is 0.478 e. The molecule has 1 aromatic rings. The normalized spacial score (nSPS) is 15.6. The predicted octanol–water partition coefficient (Wildman–Crippen LogP) is 2.13. The summed E-state index contributed by atoms with van der Waals surface area (Å²) in [4.78, 5) is 25.5. The number of nitrogens with zero attached hydrogens (tertiary/aromatic N) is 2. The summed E-state index contributed by atoms with van der Waals surface area (Å²) in [5, 5.41) is 10.7. The van der Waals surface area contributed by atoms with E-state index in [1.807, 2.05) is 0 Å². The quantitative estimate of drug-likeness (QED) is 0.590. The van der Waals surface area contributed by atoms with Crippen LogP contribution in [0.15, 0.2) is 18.3 Å². The number of rotatable bonds is 5. The summed E-state index contributed by atoms with van der Waals surface area (Å²) in [6.45, 7) is -0.114. The van der Waals surface area contributed by atoms with E-state index in [1.165, 1.54) is 12.3 Å². The van der Waals surface area contributed by atoms with Gasteiger partial charge in [-0.05, 0) is 34.9 Å². The molecule has 0 atom stereocenters. The van der Waals surface area contributed by atoms with E-state index in [1.54, 1.807) is 6.07 Å². The van der Waals surface area contributed by atoms with Crippen molar-refractivity contribution in [1.82, 2.24) is 4.98 Å². The average molecular weight is 250 g/mol. The minimum Gasteiger partial charge on any atom is -0.478 e. The number of carbonyl (C=O) groups is 1. The molecule has 1 fully saturated rings. The van der Waals surface area contributed by atoms with Crippen LogP contribution in [-0.2, 0) is 4.79 Å². The fourth-order valence-electron chi connectivity index (χ4n) is 2.15. The van der Waals surface area contributed by atoms with Gasteiger partial charge in [-0.1, -0.05) is 12.8 Å². The van der Waals surface area contributed by atoms with Gasteiger partial charge in [-0.3, -0.25) is 4.79 Å². The third-order valence-corrected chi connectivity index (χ3v) is 3.10. The first-order chi connectivity index (χ1) is 8.68. The Morgan fingerprint density at radius 2 is 2.22 bits per heavy atom. The van der Waals surface area contributed by atoms with Gasteiger partial charge in [0.1, 0.15) is 12.8 Å². The highest BCUT2D eigenvalue weighted by Gasteiger charge is 2.24. The molecule has 6 heteroatoms. The molecule has 18 heavy (non-hydrogen) atoms. The van der Waals surface area contributed by atoms with E-state index in [2.05, 4.69) is 4.98 Å². The Balaban J connectivity index is 1.97. The van der Waals surface area contributed by atoms with Crippen molar-refractivity contribution in [2.75, 3.05) is 6.61 Å². The van der Waals surface area contributed by atoms with E-state index < -0.39 is 4.92 Å². The highest BCUT2D eigenvalue weighted by molar-refractivity contribution is 5.82. The molecule has 0 radical (unpaired) electrons. The summed E-state index contributed by atoms with van der Waals surface area (Å²) in [5.41, 5.74) is 0. The molecule has 0 N–H and O–H groups in total. The summed E-state index contributed by atoms with van der Waals surface area (Å²) >= 11 is 0. The number of hydrogen-bond acceptors (Lipinski definition) is 5. The van der Waals surface area contributed by atoms with E-state index in [-0.39, 0.29) is 29.9 Å². The third-order valence-electron chi connectivity index (χ3n) is 3.10. The number of hydrogen-bond donors (Lipinski definition) is 0. The van der Waals surface area contributed by atoms with Crippen molar-refractivity contribution >= 4 is 11.6 Å². The number of aromatic nitrogens is 1. The Hall–Kier alpha value is -1.98. The zero-order chi connectivity index (χ0) is 13.0. The van der Waals surface area contributed by atoms with Crippen LogP contribution in [0, 0.1) is 16.0 Å². The molecule has 96 valence electrons. The van der Waals surface area contributed by atoms with Gasteiger partial charge in [0.05, 0.1) is 0 Å². The number of Topliss-reactive ketones (excluding diaryl/α,β-unsaturated/α-hetero) is 1. The van der Waals surface area contributed by atoms with Gasteiger partial charge in [0.15, 0.2) is 5.78 Å². The first-order valence-corrected chi connectivity index (χ1v) is 5.93. The van der Waals surface area contributed by atoms with E-state index in [4.69, 9.17) is 4.74 Å². The maximum absolute atomic E-state index is 11.8. The van der Waals surface area contributed by atoms with Crippen LogP contribution in [0.3, 0.4) is 0 Å². The molecule has 0 bridgehead atoms. The second-order valence-corrected chi connectivity index (χ2v) is 4.32. The van der Waals surface area contributed by atoms with Crippen LogP contribution in [0.4, 0.5) is 5.82 Å². The molecule has 1 heterocycles. The molecule has 2 rings (SSSR count). The summed E-state index contributed by atoms with van der Waals surface area (Å²) in [7, 11) is 0.